The maximum atomic E-state index is 2.34. The first-order chi connectivity index (χ1) is 5.98. The van der Waals surface area contributed by atoms with Gasteiger partial charge in [-0.3, -0.25) is 0 Å². The quantitative estimate of drug-likeness (QED) is 0.515. The summed E-state index contributed by atoms with van der Waals surface area (Å²) < 4.78 is 0. The highest BCUT2D eigenvalue weighted by molar-refractivity contribution is 5.19. The first-order valence-corrected chi connectivity index (χ1v) is 5.65. The number of allylic oxidation sites excluding steroid dienone is 2. The standard InChI is InChI=1S/C14H28/c1-10(11(2)13(4,5)6)12(3)14(7,8)9/h11H,1-9H3. The van der Waals surface area contributed by atoms with E-state index in [1.807, 2.05) is 0 Å². The zero-order valence-corrected chi connectivity index (χ0v) is 11.6. The SMILES string of the molecule is CC(=C(C)C(C)(C)C)C(C)C(C)(C)C. The van der Waals surface area contributed by atoms with E-state index in [-0.39, 0.29) is 0 Å². The third-order valence-electron chi connectivity index (χ3n) is 3.67. The summed E-state index contributed by atoms with van der Waals surface area (Å²) in [6, 6.07) is 0. The summed E-state index contributed by atoms with van der Waals surface area (Å²) in [4.78, 5) is 0. The summed E-state index contributed by atoms with van der Waals surface area (Å²) in [5.41, 5.74) is 3.78. The molecule has 0 aliphatic heterocycles. The highest BCUT2D eigenvalue weighted by Crippen LogP contribution is 2.37. The molecule has 0 saturated carbocycles. The summed E-state index contributed by atoms with van der Waals surface area (Å²) in [6.07, 6.45) is 0. The van der Waals surface area contributed by atoms with E-state index in [0.29, 0.717) is 16.7 Å². The fourth-order valence-corrected chi connectivity index (χ4v) is 1.57. The molecular weight excluding hydrogens is 168 g/mol. The molecule has 1 unspecified atom stereocenters. The molecule has 0 aromatic heterocycles. The Bertz CT molecular complexity index is 217. The smallest absolute Gasteiger partial charge is 0.0173 e. The zero-order valence-electron chi connectivity index (χ0n) is 11.6. The van der Waals surface area contributed by atoms with Crippen molar-refractivity contribution >= 4 is 0 Å². The minimum absolute atomic E-state index is 0.309. The molecular formula is C14H28. The predicted molar refractivity (Wildman–Crippen MR) is 66.4 cm³/mol. The van der Waals surface area contributed by atoms with Gasteiger partial charge >= 0.3 is 0 Å². The molecule has 0 N–H and O–H groups in total. The fourth-order valence-electron chi connectivity index (χ4n) is 1.57. The molecule has 0 aliphatic carbocycles. The molecule has 0 radical (unpaired) electrons. The van der Waals surface area contributed by atoms with Crippen LogP contribution >= 0.6 is 0 Å². The van der Waals surface area contributed by atoms with E-state index < -0.39 is 0 Å². The van der Waals surface area contributed by atoms with Gasteiger partial charge in [0.15, 0.2) is 0 Å². The normalized spacial score (nSPS) is 17.8. The number of hydrogen-bond acceptors (Lipinski definition) is 0. The molecule has 0 spiro atoms. The van der Waals surface area contributed by atoms with Gasteiger partial charge < -0.3 is 0 Å². The second-order valence-corrected chi connectivity index (χ2v) is 6.65. The van der Waals surface area contributed by atoms with Crippen LogP contribution in [0.25, 0.3) is 0 Å². The van der Waals surface area contributed by atoms with Crippen molar-refractivity contribution in [3.8, 4) is 0 Å². The van der Waals surface area contributed by atoms with Gasteiger partial charge in [0, 0.05) is 0 Å². The van der Waals surface area contributed by atoms with E-state index in [2.05, 4.69) is 62.3 Å². The minimum atomic E-state index is 0.309. The average Bonchev–Trinajstić information content (AvgIpc) is 1.97. The van der Waals surface area contributed by atoms with E-state index in [9.17, 15) is 0 Å². The lowest BCUT2D eigenvalue weighted by Crippen LogP contribution is -2.21. The van der Waals surface area contributed by atoms with Gasteiger partial charge in [0.2, 0.25) is 0 Å². The Morgan fingerprint density at radius 3 is 1.43 bits per heavy atom. The Balaban J connectivity index is 5.03. The van der Waals surface area contributed by atoms with Crippen molar-refractivity contribution < 1.29 is 0 Å². The van der Waals surface area contributed by atoms with Gasteiger partial charge in [-0.05, 0) is 30.6 Å². The highest BCUT2D eigenvalue weighted by Gasteiger charge is 2.25. The van der Waals surface area contributed by atoms with Gasteiger partial charge in [0.25, 0.3) is 0 Å². The van der Waals surface area contributed by atoms with E-state index in [0.717, 1.165) is 0 Å². The number of rotatable bonds is 1. The van der Waals surface area contributed by atoms with Crippen LogP contribution in [0.3, 0.4) is 0 Å². The van der Waals surface area contributed by atoms with E-state index in [1.54, 1.807) is 11.1 Å². The Hall–Kier alpha value is -0.260. The van der Waals surface area contributed by atoms with Crippen LogP contribution in [-0.2, 0) is 0 Å². The predicted octanol–water partition coefficient (Wildman–Crippen LogP) is 5.05. The van der Waals surface area contributed by atoms with Crippen molar-refractivity contribution in [2.45, 2.75) is 62.3 Å². The van der Waals surface area contributed by atoms with Gasteiger partial charge in [-0.15, -0.1) is 0 Å². The van der Waals surface area contributed by atoms with Gasteiger partial charge in [-0.25, -0.2) is 0 Å². The summed E-state index contributed by atoms with van der Waals surface area (Å²) in [5.74, 6) is 0.654. The molecule has 0 nitrogen and oxygen atoms in total. The van der Waals surface area contributed by atoms with E-state index in [1.165, 1.54) is 0 Å². The third-order valence-corrected chi connectivity index (χ3v) is 3.67. The van der Waals surface area contributed by atoms with Crippen molar-refractivity contribution in [3.05, 3.63) is 11.1 Å². The molecule has 0 aromatic carbocycles. The molecule has 14 heavy (non-hydrogen) atoms. The molecule has 84 valence electrons. The van der Waals surface area contributed by atoms with Crippen LogP contribution in [0.5, 0.6) is 0 Å². The first-order valence-electron chi connectivity index (χ1n) is 5.65. The Morgan fingerprint density at radius 1 is 0.857 bits per heavy atom. The lowest BCUT2D eigenvalue weighted by Gasteiger charge is -2.32. The number of hydrogen-bond donors (Lipinski definition) is 0. The summed E-state index contributed by atoms with van der Waals surface area (Å²) in [5, 5.41) is 0. The molecule has 0 saturated heterocycles. The first kappa shape index (κ1) is 13.7. The van der Waals surface area contributed by atoms with Crippen LogP contribution in [0.1, 0.15) is 62.3 Å². The maximum absolute atomic E-state index is 2.34. The molecule has 0 fully saturated rings. The van der Waals surface area contributed by atoms with Crippen LogP contribution < -0.4 is 0 Å². The molecule has 0 heteroatoms. The molecule has 0 heterocycles. The third kappa shape index (κ3) is 3.48. The van der Waals surface area contributed by atoms with Crippen LogP contribution in [-0.4, -0.2) is 0 Å². The monoisotopic (exact) mass is 196 g/mol. The Morgan fingerprint density at radius 2 is 1.21 bits per heavy atom. The van der Waals surface area contributed by atoms with Crippen LogP contribution in [0.2, 0.25) is 0 Å². The average molecular weight is 196 g/mol. The van der Waals surface area contributed by atoms with Gasteiger partial charge in [0.05, 0.1) is 0 Å². The van der Waals surface area contributed by atoms with Crippen molar-refractivity contribution in [3.63, 3.8) is 0 Å². The van der Waals surface area contributed by atoms with Gasteiger partial charge in [-0.1, -0.05) is 59.6 Å². The molecule has 0 aliphatic rings. The van der Waals surface area contributed by atoms with Crippen LogP contribution in [0, 0.1) is 16.7 Å². The largest absolute Gasteiger partial charge is 0.0705 e. The minimum Gasteiger partial charge on any atom is -0.0705 e. The summed E-state index contributed by atoms with van der Waals surface area (Å²) in [7, 11) is 0. The second-order valence-electron chi connectivity index (χ2n) is 6.65. The second kappa shape index (κ2) is 4.08. The van der Waals surface area contributed by atoms with Crippen molar-refractivity contribution in [1.82, 2.24) is 0 Å². The molecule has 0 aromatic rings. The van der Waals surface area contributed by atoms with E-state index >= 15 is 0 Å². The Labute approximate surface area is 90.8 Å². The van der Waals surface area contributed by atoms with Crippen LogP contribution in [0.15, 0.2) is 11.1 Å². The fraction of sp³-hybridized carbons (Fsp3) is 0.857. The van der Waals surface area contributed by atoms with Crippen molar-refractivity contribution in [2.24, 2.45) is 16.7 Å². The highest BCUT2D eigenvalue weighted by atomic mass is 14.3. The molecule has 0 rings (SSSR count). The van der Waals surface area contributed by atoms with Crippen molar-refractivity contribution in [2.75, 3.05) is 0 Å². The van der Waals surface area contributed by atoms with Gasteiger partial charge in [0.1, 0.15) is 0 Å². The lowest BCUT2D eigenvalue weighted by molar-refractivity contribution is 0.294. The van der Waals surface area contributed by atoms with Crippen molar-refractivity contribution in [1.29, 1.82) is 0 Å². The summed E-state index contributed by atoms with van der Waals surface area (Å²) >= 11 is 0. The zero-order chi connectivity index (χ0) is 11.7. The molecule has 0 bridgehead atoms. The topological polar surface area (TPSA) is 0 Å². The molecule has 1 atom stereocenters. The van der Waals surface area contributed by atoms with Crippen LogP contribution in [0.4, 0.5) is 0 Å². The van der Waals surface area contributed by atoms with Gasteiger partial charge in [-0.2, -0.15) is 0 Å². The maximum Gasteiger partial charge on any atom is -0.0173 e. The summed E-state index contributed by atoms with van der Waals surface area (Å²) in [6.45, 7) is 20.7. The lowest BCUT2D eigenvalue weighted by atomic mass is 9.73. The van der Waals surface area contributed by atoms with E-state index in [4.69, 9.17) is 0 Å². The Kier molecular flexibility index (Phi) is 4.01. The molecule has 0 amide bonds.